The van der Waals surface area contributed by atoms with Gasteiger partial charge >= 0.3 is 0 Å². The first kappa shape index (κ1) is 11.4. The van der Waals surface area contributed by atoms with Crippen LogP contribution in [0.2, 0.25) is 0 Å². The van der Waals surface area contributed by atoms with Gasteiger partial charge in [-0.15, -0.1) is 5.73 Å². The van der Waals surface area contributed by atoms with E-state index in [0.29, 0.717) is 6.79 Å². The van der Waals surface area contributed by atoms with Gasteiger partial charge in [-0.1, -0.05) is 0 Å². The predicted molar refractivity (Wildman–Crippen MR) is 31.0 cm³/mol. The fourth-order valence-corrected chi connectivity index (χ4v) is 0.789. The van der Waals surface area contributed by atoms with E-state index in [9.17, 15) is 0 Å². The monoisotopic (exact) mass is 312 g/mol. The first-order valence-electron chi connectivity index (χ1n) is 2.72. The first-order valence-corrected chi connectivity index (χ1v) is 2.72. The van der Waals surface area contributed by atoms with E-state index >= 15 is 0 Å². The summed E-state index contributed by atoms with van der Waals surface area (Å²) in [5.74, 6) is 0.814. The van der Waals surface area contributed by atoms with Crippen LogP contribution in [0.25, 0.3) is 0 Å². The molecule has 1 radical (unpaired) electrons. The zero-order chi connectivity index (χ0) is 6.10. The molecule has 0 aromatic carbocycles. The third-order valence-corrected chi connectivity index (χ3v) is 1.22. The molecule has 1 aliphatic heterocycles. The summed E-state index contributed by atoms with van der Waals surface area (Å²) in [4.78, 5) is 0. The molecule has 11 heavy (non-hydrogen) atoms. The van der Waals surface area contributed by atoms with Crippen molar-refractivity contribution in [3.63, 3.8) is 0 Å². The van der Waals surface area contributed by atoms with Crippen molar-refractivity contribution in [3.8, 4) is 0 Å². The van der Waals surface area contributed by atoms with Crippen molar-refractivity contribution in [2.75, 3.05) is 6.79 Å². The first-order chi connectivity index (χ1) is 4.47. The topological polar surface area (TPSA) is 18.5 Å². The SMILES string of the molecule is C1=CC=C2OCO[C]2C=1.[I-].[Zn]. The summed E-state index contributed by atoms with van der Waals surface area (Å²) >= 11 is 0. The van der Waals surface area contributed by atoms with Crippen molar-refractivity contribution in [1.82, 2.24) is 0 Å². The van der Waals surface area contributed by atoms with Gasteiger partial charge in [0.15, 0.2) is 12.9 Å². The van der Waals surface area contributed by atoms with E-state index in [0.717, 1.165) is 11.9 Å². The average molecular weight is 313 g/mol. The Hall–Kier alpha value is 0.373. The maximum absolute atomic E-state index is 5.06. The predicted octanol–water partition coefficient (Wildman–Crippen LogP) is -1.87. The standard InChI is InChI=1S/C7H5O2.HI.Zn/c1-2-4-7-6(3-1)8-5-9-7;;/h1,3-4H,5H2;1H;/p-1. The number of halogens is 1. The van der Waals surface area contributed by atoms with Gasteiger partial charge in [0.2, 0.25) is 0 Å². The van der Waals surface area contributed by atoms with Crippen molar-refractivity contribution < 1.29 is 52.9 Å². The zero-order valence-corrected chi connectivity index (χ0v) is 11.0. The summed E-state index contributed by atoms with van der Waals surface area (Å²) in [6, 6.07) is 0. The van der Waals surface area contributed by atoms with Crippen molar-refractivity contribution in [2.45, 2.75) is 0 Å². The number of allylic oxidation sites excluding steroid dienone is 1. The summed E-state index contributed by atoms with van der Waals surface area (Å²) < 4.78 is 10.1. The molecule has 0 N–H and O–H groups in total. The largest absolute Gasteiger partial charge is 1.00 e. The van der Waals surface area contributed by atoms with E-state index in [-0.39, 0.29) is 43.5 Å². The van der Waals surface area contributed by atoms with Crippen molar-refractivity contribution >= 4 is 0 Å². The molecule has 0 atom stereocenters. The molecule has 0 amide bonds. The summed E-state index contributed by atoms with van der Waals surface area (Å²) in [7, 11) is 0. The second kappa shape index (κ2) is 5.10. The Balaban J connectivity index is 0.000000500. The Kier molecular flexibility index (Phi) is 5.27. The molecule has 1 saturated heterocycles. The maximum Gasteiger partial charge on any atom is 0.195 e. The molecular weight excluding hydrogens is 308 g/mol. The minimum absolute atomic E-state index is 0. The molecule has 1 aliphatic carbocycles. The van der Waals surface area contributed by atoms with E-state index in [1.54, 1.807) is 12.2 Å². The smallest absolute Gasteiger partial charge is 0.195 e. The molecule has 2 rings (SSSR count). The minimum atomic E-state index is 0. The molecule has 1 fully saturated rings. The number of hydrogen-bond acceptors (Lipinski definition) is 2. The van der Waals surface area contributed by atoms with Crippen LogP contribution in [0.15, 0.2) is 29.7 Å². The van der Waals surface area contributed by atoms with Gasteiger partial charge in [-0.25, -0.2) is 0 Å². The van der Waals surface area contributed by atoms with Crippen LogP contribution in [-0.2, 0) is 29.0 Å². The third-order valence-electron chi connectivity index (χ3n) is 1.22. The van der Waals surface area contributed by atoms with E-state index in [4.69, 9.17) is 9.47 Å². The molecular formula is C7H5IO2Zn-. The van der Waals surface area contributed by atoms with Crippen LogP contribution in [0.5, 0.6) is 0 Å². The normalized spacial score (nSPS) is 19.1. The van der Waals surface area contributed by atoms with Gasteiger partial charge in [-0.05, 0) is 12.2 Å². The van der Waals surface area contributed by atoms with Crippen molar-refractivity contribution in [1.29, 1.82) is 0 Å². The molecule has 2 nitrogen and oxygen atoms in total. The molecule has 2 aliphatic rings. The summed E-state index contributed by atoms with van der Waals surface area (Å²) in [6.45, 7) is 0.340. The molecule has 4 heteroatoms. The van der Waals surface area contributed by atoms with Gasteiger partial charge in [-0.2, -0.15) is 0 Å². The molecule has 0 spiro atoms. The molecule has 1 heterocycles. The van der Waals surface area contributed by atoms with E-state index in [1.165, 1.54) is 0 Å². The Labute approximate surface area is 95.1 Å². The van der Waals surface area contributed by atoms with Crippen LogP contribution >= 0.6 is 0 Å². The Morgan fingerprint density at radius 2 is 2.18 bits per heavy atom. The molecule has 0 unspecified atom stereocenters. The number of fused-ring (bicyclic) bond motifs is 1. The molecule has 55 valence electrons. The molecule has 0 aromatic heterocycles. The van der Waals surface area contributed by atoms with E-state index in [1.807, 2.05) is 6.08 Å². The van der Waals surface area contributed by atoms with Gasteiger partial charge in [0.25, 0.3) is 0 Å². The Morgan fingerprint density at radius 3 is 2.91 bits per heavy atom. The Bertz CT molecular complexity index is 218. The van der Waals surface area contributed by atoms with Gasteiger partial charge < -0.3 is 33.5 Å². The minimum Gasteiger partial charge on any atom is -1.00 e. The van der Waals surface area contributed by atoms with Crippen molar-refractivity contribution in [2.24, 2.45) is 0 Å². The molecule has 0 bridgehead atoms. The second-order valence-corrected chi connectivity index (χ2v) is 1.78. The third kappa shape index (κ3) is 2.41. The van der Waals surface area contributed by atoms with Crippen LogP contribution in [-0.4, -0.2) is 6.79 Å². The second-order valence-electron chi connectivity index (χ2n) is 1.78. The van der Waals surface area contributed by atoms with Crippen LogP contribution in [0.4, 0.5) is 0 Å². The Morgan fingerprint density at radius 1 is 1.36 bits per heavy atom. The zero-order valence-electron chi connectivity index (χ0n) is 5.84. The van der Waals surface area contributed by atoms with Crippen LogP contribution in [0.1, 0.15) is 0 Å². The van der Waals surface area contributed by atoms with Crippen LogP contribution < -0.4 is 24.0 Å². The molecule has 0 aromatic rings. The average Bonchev–Trinajstić information content (AvgIpc) is 2.33. The van der Waals surface area contributed by atoms with Gasteiger partial charge in [0, 0.05) is 25.6 Å². The van der Waals surface area contributed by atoms with Crippen LogP contribution in [0.3, 0.4) is 0 Å². The summed E-state index contributed by atoms with van der Waals surface area (Å²) in [5.41, 5.74) is 2.89. The van der Waals surface area contributed by atoms with Gasteiger partial charge in [0.1, 0.15) is 5.76 Å². The fourth-order valence-electron chi connectivity index (χ4n) is 0.789. The number of hydrogen-bond donors (Lipinski definition) is 0. The van der Waals surface area contributed by atoms with E-state index < -0.39 is 0 Å². The van der Waals surface area contributed by atoms with E-state index in [2.05, 4.69) is 5.73 Å². The maximum atomic E-state index is 5.06. The fraction of sp³-hybridized carbons (Fsp3) is 0.143. The summed E-state index contributed by atoms with van der Waals surface area (Å²) in [5, 5.41) is 0. The number of rotatable bonds is 0. The summed E-state index contributed by atoms with van der Waals surface area (Å²) in [6.07, 6.45) is 6.19. The van der Waals surface area contributed by atoms with Crippen LogP contribution in [0, 0.1) is 6.10 Å². The van der Waals surface area contributed by atoms with Gasteiger partial charge in [0.05, 0.1) is 0 Å². The van der Waals surface area contributed by atoms with Crippen molar-refractivity contribution in [3.05, 3.63) is 35.8 Å². The van der Waals surface area contributed by atoms with Gasteiger partial charge in [-0.3, -0.25) is 0 Å². The quantitative estimate of drug-likeness (QED) is 0.296. The number of ether oxygens (including phenoxy) is 2. The molecule has 0 saturated carbocycles.